The van der Waals surface area contributed by atoms with E-state index in [9.17, 15) is 4.79 Å². The van der Waals surface area contributed by atoms with Crippen LogP contribution in [0.1, 0.15) is 41.8 Å². The Balaban J connectivity index is 2.16. The third-order valence-corrected chi connectivity index (χ3v) is 4.12. The summed E-state index contributed by atoms with van der Waals surface area (Å²) in [6.07, 6.45) is 2.77. The van der Waals surface area contributed by atoms with Gasteiger partial charge < -0.3 is 9.47 Å². The van der Waals surface area contributed by atoms with E-state index in [1.54, 1.807) is 24.4 Å². The molecule has 0 amide bonds. The summed E-state index contributed by atoms with van der Waals surface area (Å²) in [5, 5.41) is 0.557. The first kappa shape index (κ1) is 19.0. The minimum atomic E-state index is -0.359. The molecule has 0 bridgehead atoms. The lowest BCUT2D eigenvalue weighted by Gasteiger charge is -2.13. The highest BCUT2D eigenvalue weighted by Crippen LogP contribution is 2.27. The zero-order chi connectivity index (χ0) is 18.4. The summed E-state index contributed by atoms with van der Waals surface area (Å²) < 4.78 is 10.5. The summed E-state index contributed by atoms with van der Waals surface area (Å²) in [5.41, 5.74) is 3.05. The third kappa shape index (κ3) is 5.07. The Labute approximate surface area is 153 Å². The molecule has 0 unspecified atom stereocenters. The molecule has 0 aliphatic heterocycles. The van der Waals surface area contributed by atoms with Gasteiger partial charge in [0.25, 0.3) is 0 Å². The van der Waals surface area contributed by atoms with Gasteiger partial charge in [0, 0.05) is 6.21 Å². The Kier molecular flexibility index (Phi) is 6.59. The molecule has 0 spiro atoms. The van der Waals surface area contributed by atoms with Crippen LogP contribution in [0.4, 0.5) is 5.69 Å². The minimum absolute atomic E-state index is 0.119. The van der Waals surface area contributed by atoms with Crippen molar-refractivity contribution in [2.45, 2.75) is 33.3 Å². The Morgan fingerprint density at radius 2 is 2.04 bits per heavy atom. The average Bonchev–Trinajstić information content (AvgIpc) is 2.61. The average molecular weight is 360 g/mol. The first-order valence-electron chi connectivity index (χ1n) is 8.13. The Hall–Kier alpha value is -2.33. The van der Waals surface area contributed by atoms with Crippen LogP contribution in [0, 0.1) is 6.92 Å². The molecule has 0 aromatic heterocycles. The van der Waals surface area contributed by atoms with Gasteiger partial charge in [0.2, 0.25) is 0 Å². The van der Waals surface area contributed by atoms with Gasteiger partial charge in [-0.1, -0.05) is 18.5 Å². The summed E-state index contributed by atoms with van der Waals surface area (Å²) in [4.78, 5) is 16.0. The summed E-state index contributed by atoms with van der Waals surface area (Å²) in [6, 6.07) is 10.8. The van der Waals surface area contributed by atoms with Gasteiger partial charge in [-0.05, 0) is 67.8 Å². The molecular formula is C20H22ClNO3. The van der Waals surface area contributed by atoms with Crippen LogP contribution < -0.4 is 4.74 Å². The van der Waals surface area contributed by atoms with Crippen molar-refractivity contribution in [3.63, 3.8) is 0 Å². The highest BCUT2D eigenvalue weighted by molar-refractivity contribution is 6.32. The normalized spacial score (nSPS) is 12.2. The molecule has 0 aliphatic rings. The second-order valence-electron chi connectivity index (χ2n) is 5.78. The largest absolute Gasteiger partial charge is 0.489 e. The van der Waals surface area contributed by atoms with E-state index in [0.717, 1.165) is 23.2 Å². The number of hydrogen-bond acceptors (Lipinski definition) is 4. The van der Waals surface area contributed by atoms with Gasteiger partial charge in [0.05, 0.1) is 29.5 Å². The predicted octanol–water partition coefficient (Wildman–Crippen LogP) is 5.36. The first-order chi connectivity index (χ1) is 11.9. The van der Waals surface area contributed by atoms with E-state index in [-0.39, 0.29) is 12.1 Å². The lowest BCUT2D eigenvalue weighted by molar-refractivity contribution is 0.0600. The van der Waals surface area contributed by atoms with Crippen molar-refractivity contribution < 1.29 is 14.3 Å². The minimum Gasteiger partial charge on any atom is -0.489 e. The highest BCUT2D eigenvalue weighted by atomic mass is 35.5. The summed E-state index contributed by atoms with van der Waals surface area (Å²) in [6.45, 7) is 5.97. The number of aryl methyl sites for hydroxylation is 1. The summed E-state index contributed by atoms with van der Waals surface area (Å²) >= 11 is 6.28. The number of benzene rings is 2. The van der Waals surface area contributed by atoms with Crippen molar-refractivity contribution in [2.75, 3.05) is 7.11 Å². The van der Waals surface area contributed by atoms with Gasteiger partial charge >= 0.3 is 5.97 Å². The second-order valence-corrected chi connectivity index (χ2v) is 6.18. The van der Waals surface area contributed by atoms with E-state index in [4.69, 9.17) is 21.1 Å². The van der Waals surface area contributed by atoms with Crippen molar-refractivity contribution in [3.05, 3.63) is 58.1 Å². The van der Waals surface area contributed by atoms with Gasteiger partial charge in [-0.25, -0.2) is 4.79 Å². The summed E-state index contributed by atoms with van der Waals surface area (Å²) in [7, 11) is 1.36. The zero-order valence-electron chi connectivity index (χ0n) is 14.9. The van der Waals surface area contributed by atoms with E-state index < -0.39 is 0 Å². The van der Waals surface area contributed by atoms with Gasteiger partial charge in [-0.15, -0.1) is 0 Å². The zero-order valence-corrected chi connectivity index (χ0v) is 15.6. The number of ether oxygens (including phenoxy) is 2. The van der Waals surface area contributed by atoms with E-state index >= 15 is 0 Å². The van der Waals surface area contributed by atoms with Crippen molar-refractivity contribution in [1.29, 1.82) is 0 Å². The molecule has 0 saturated heterocycles. The standard InChI is InChI=1S/C20H22ClNO3/c1-5-14(3)25-19-9-6-15(11-17(19)21)12-22-18-8-7-16(10-13(18)2)20(23)24-4/h6-12,14H,5H2,1-4H3/t14-/m1/s1. The maximum Gasteiger partial charge on any atom is 0.337 e. The Bertz CT molecular complexity index is 787. The topological polar surface area (TPSA) is 47.9 Å². The maximum atomic E-state index is 11.5. The SMILES string of the molecule is CC[C@@H](C)Oc1ccc(C=Nc2ccc(C(=O)OC)cc2C)cc1Cl. The van der Waals surface area contributed by atoms with Gasteiger partial charge in [-0.2, -0.15) is 0 Å². The van der Waals surface area contributed by atoms with Gasteiger partial charge in [-0.3, -0.25) is 4.99 Å². The van der Waals surface area contributed by atoms with Crippen LogP contribution in [0.5, 0.6) is 5.75 Å². The molecule has 132 valence electrons. The molecule has 2 aromatic rings. The fourth-order valence-corrected chi connectivity index (χ4v) is 2.42. The quantitative estimate of drug-likeness (QED) is 0.515. The van der Waals surface area contributed by atoms with E-state index in [0.29, 0.717) is 16.3 Å². The fourth-order valence-electron chi connectivity index (χ4n) is 2.18. The molecule has 0 heterocycles. The molecule has 2 aromatic carbocycles. The lowest BCUT2D eigenvalue weighted by Crippen LogP contribution is -2.09. The van der Waals surface area contributed by atoms with Crippen LogP contribution in [0.25, 0.3) is 0 Å². The maximum absolute atomic E-state index is 11.5. The number of esters is 1. The lowest BCUT2D eigenvalue weighted by atomic mass is 10.1. The number of aliphatic imine (C=N–C) groups is 1. The van der Waals surface area contributed by atoms with Crippen molar-refractivity contribution in [2.24, 2.45) is 4.99 Å². The molecule has 25 heavy (non-hydrogen) atoms. The van der Waals surface area contributed by atoms with E-state index in [1.807, 2.05) is 32.0 Å². The molecule has 4 nitrogen and oxygen atoms in total. The van der Waals surface area contributed by atoms with Crippen molar-refractivity contribution >= 4 is 29.5 Å². The molecule has 5 heteroatoms. The molecular weight excluding hydrogens is 338 g/mol. The molecule has 0 N–H and O–H groups in total. The highest BCUT2D eigenvalue weighted by Gasteiger charge is 2.08. The number of methoxy groups -OCH3 is 1. The van der Waals surface area contributed by atoms with Crippen LogP contribution in [0.2, 0.25) is 5.02 Å². The molecule has 0 fully saturated rings. The Morgan fingerprint density at radius 3 is 2.64 bits per heavy atom. The van der Waals surface area contributed by atoms with Gasteiger partial charge in [0.15, 0.2) is 0 Å². The summed E-state index contributed by atoms with van der Waals surface area (Å²) in [5.74, 6) is 0.314. The fraction of sp³-hybridized carbons (Fsp3) is 0.300. The molecule has 0 aliphatic carbocycles. The number of hydrogen-bond donors (Lipinski definition) is 0. The predicted molar refractivity (Wildman–Crippen MR) is 102 cm³/mol. The van der Waals surface area contributed by atoms with E-state index in [1.165, 1.54) is 7.11 Å². The third-order valence-electron chi connectivity index (χ3n) is 3.83. The van der Waals surface area contributed by atoms with Crippen molar-refractivity contribution in [3.8, 4) is 5.75 Å². The van der Waals surface area contributed by atoms with Gasteiger partial charge in [0.1, 0.15) is 5.75 Å². The van der Waals surface area contributed by atoms with Crippen LogP contribution in [-0.2, 0) is 4.74 Å². The van der Waals surface area contributed by atoms with Crippen LogP contribution in [0.15, 0.2) is 41.4 Å². The van der Waals surface area contributed by atoms with E-state index in [2.05, 4.69) is 11.9 Å². The number of rotatable bonds is 6. The number of carbonyl (C=O) groups is 1. The van der Waals surface area contributed by atoms with Crippen LogP contribution in [-0.4, -0.2) is 25.4 Å². The molecule has 1 atom stereocenters. The van der Waals surface area contributed by atoms with Crippen LogP contribution in [0.3, 0.4) is 0 Å². The molecule has 0 saturated carbocycles. The monoisotopic (exact) mass is 359 g/mol. The first-order valence-corrected chi connectivity index (χ1v) is 8.51. The van der Waals surface area contributed by atoms with Crippen molar-refractivity contribution in [1.82, 2.24) is 0 Å². The number of halogens is 1. The van der Waals surface area contributed by atoms with Crippen LogP contribution >= 0.6 is 11.6 Å². The smallest absolute Gasteiger partial charge is 0.337 e. The second kappa shape index (κ2) is 8.67. The number of carbonyl (C=O) groups excluding carboxylic acids is 1. The Morgan fingerprint density at radius 1 is 1.28 bits per heavy atom. The molecule has 2 rings (SSSR count). The molecule has 0 radical (unpaired) electrons. The number of nitrogens with zero attached hydrogens (tertiary/aromatic N) is 1.